The summed E-state index contributed by atoms with van der Waals surface area (Å²) in [6.45, 7) is 0.175. The molecular weight excluding hydrogens is 197 g/mol. The standard InChI is InChI=1S/C11H10FNO2/c12-10-5-4-8(9(6-10)7-13)2-1-3-11(14)15/h4-6H,3,7,13H2,(H,14,15). The van der Waals surface area contributed by atoms with Crippen molar-refractivity contribution in [3.05, 3.63) is 35.1 Å². The summed E-state index contributed by atoms with van der Waals surface area (Å²) in [6.07, 6.45) is -0.235. The number of nitrogens with two attached hydrogens (primary N) is 1. The van der Waals surface area contributed by atoms with Gasteiger partial charge in [-0.2, -0.15) is 0 Å². The van der Waals surface area contributed by atoms with Crippen LogP contribution in [0.25, 0.3) is 0 Å². The third-order valence-corrected chi connectivity index (χ3v) is 1.75. The summed E-state index contributed by atoms with van der Waals surface area (Å²) in [6, 6.07) is 4.06. The molecule has 0 saturated carbocycles. The average Bonchev–Trinajstić information content (AvgIpc) is 2.19. The number of carboxylic acids is 1. The Balaban J connectivity index is 2.92. The van der Waals surface area contributed by atoms with Gasteiger partial charge in [-0.05, 0) is 23.8 Å². The average molecular weight is 207 g/mol. The van der Waals surface area contributed by atoms with E-state index in [1.165, 1.54) is 18.2 Å². The van der Waals surface area contributed by atoms with Crippen LogP contribution in [0.2, 0.25) is 0 Å². The number of hydrogen-bond acceptors (Lipinski definition) is 2. The molecule has 3 N–H and O–H groups in total. The molecular formula is C11H10FNO2. The molecule has 0 saturated heterocycles. The molecule has 0 spiro atoms. The van der Waals surface area contributed by atoms with Crippen molar-refractivity contribution in [2.45, 2.75) is 13.0 Å². The number of carboxylic acid groups (broad SMARTS) is 1. The Morgan fingerprint density at radius 1 is 1.53 bits per heavy atom. The van der Waals surface area contributed by atoms with Gasteiger partial charge in [0.1, 0.15) is 12.2 Å². The Labute approximate surface area is 86.7 Å². The zero-order valence-electron chi connectivity index (χ0n) is 7.96. The quantitative estimate of drug-likeness (QED) is 0.714. The molecule has 0 aliphatic rings. The van der Waals surface area contributed by atoms with E-state index in [-0.39, 0.29) is 18.8 Å². The van der Waals surface area contributed by atoms with Crippen LogP contribution in [-0.4, -0.2) is 11.1 Å². The lowest BCUT2D eigenvalue weighted by molar-refractivity contribution is -0.135. The molecule has 15 heavy (non-hydrogen) atoms. The maximum atomic E-state index is 12.8. The first-order chi connectivity index (χ1) is 7.13. The highest BCUT2D eigenvalue weighted by Crippen LogP contribution is 2.09. The van der Waals surface area contributed by atoms with Crippen molar-refractivity contribution in [3.8, 4) is 11.8 Å². The second-order valence-corrected chi connectivity index (χ2v) is 2.88. The lowest BCUT2D eigenvalue weighted by atomic mass is 10.1. The minimum atomic E-state index is -0.987. The van der Waals surface area contributed by atoms with E-state index in [0.717, 1.165) is 0 Å². The highest BCUT2D eigenvalue weighted by Gasteiger charge is 1.99. The van der Waals surface area contributed by atoms with E-state index in [2.05, 4.69) is 11.8 Å². The molecule has 0 bridgehead atoms. The summed E-state index contributed by atoms with van der Waals surface area (Å²) in [7, 11) is 0. The molecule has 0 heterocycles. The number of hydrogen-bond donors (Lipinski definition) is 2. The molecule has 0 atom stereocenters. The smallest absolute Gasteiger partial charge is 0.315 e. The van der Waals surface area contributed by atoms with E-state index >= 15 is 0 Å². The minimum absolute atomic E-state index is 0.175. The van der Waals surface area contributed by atoms with E-state index in [1.54, 1.807) is 0 Å². The van der Waals surface area contributed by atoms with Crippen molar-refractivity contribution in [3.63, 3.8) is 0 Å². The maximum Gasteiger partial charge on any atom is 0.315 e. The number of carbonyl (C=O) groups is 1. The monoisotopic (exact) mass is 207 g/mol. The molecule has 1 aromatic carbocycles. The first kappa shape index (κ1) is 11.2. The largest absolute Gasteiger partial charge is 0.481 e. The van der Waals surface area contributed by atoms with Crippen LogP contribution in [0.5, 0.6) is 0 Å². The zero-order valence-corrected chi connectivity index (χ0v) is 7.96. The van der Waals surface area contributed by atoms with Gasteiger partial charge in [0, 0.05) is 12.1 Å². The summed E-state index contributed by atoms with van der Waals surface area (Å²) in [4.78, 5) is 10.2. The van der Waals surface area contributed by atoms with Crippen LogP contribution in [0.4, 0.5) is 4.39 Å². The van der Waals surface area contributed by atoms with E-state index in [1.807, 2.05) is 0 Å². The molecule has 4 heteroatoms. The summed E-state index contributed by atoms with van der Waals surface area (Å²) in [5.74, 6) is 3.75. The Kier molecular flexibility index (Phi) is 3.83. The SMILES string of the molecule is NCc1cc(F)ccc1C#CCC(=O)O. The molecule has 1 rings (SSSR count). The van der Waals surface area contributed by atoms with Crippen molar-refractivity contribution in [2.24, 2.45) is 5.73 Å². The van der Waals surface area contributed by atoms with Crippen LogP contribution in [-0.2, 0) is 11.3 Å². The fourth-order valence-corrected chi connectivity index (χ4v) is 1.07. The first-order valence-electron chi connectivity index (χ1n) is 4.32. The second-order valence-electron chi connectivity index (χ2n) is 2.88. The highest BCUT2D eigenvalue weighted by atomic mass is 19.1. The normalized spacial score (nSPS) is 9.20. The Hall–Kier alpha value is -1.86. The maximum absolute atomic E-state index is 12.8. The molecule has 0 aliphatic heterocycles. The van der Waals surface area contributed by atoms with Gasteiger partial charge in [-0.1, -0.05) is 11.8 Å². The topological polar surface area (TPSA) is 63.3 Å². The summed E-state index contributed by atoms with van der Waals surface area (Å²) < 4.78 is 12.8. The third-order valence-electron chi connectivity index (χ3n) is 1.75. The van der Waals surface area contributed by atoms with Crippen molar-refractivity contribution < 1.29 is 14.3 Å². The predicted molar refractivity (Wildman–Crippen MR) is 53.4 cm³/mol. The van der Waals surface area contributed by atoms with Crippen LogP contribution in [0, 0.1) is 17.7 Å². The highest BCUT2D eigenvalue weighted by molar-refractivity contribution is 5.70. The van der Waals surface area contributed by atoms with E-state index in [0.29, 0.717) is 11.1 Å². The Morgan fingerprint density at radius 2 is 2.27 bits per heavy atom. The van der Waals surface area contributed by atoms with Crippen LogP contribution in [0.1, 0.15) is 17.5 Å². The van der Waals surface area contributed by atoms with Crippen LogP contribution < -0.4 is 5.73 Å². The Morgan fingerprint density at radius 3 is 2.87 bits per heavy atom. The van der Waals surface area contributed by atoms with Gasteiger partial charge in [-0.15, -0.1) is 0 Å². The van der Waals surface area contributed by atoms with Crippen LogP contribution in [0.15, 0.2) is 18.2 Å². The molecule has 78 valence electrons. The van der Waals surface area contributed by atoms with Gasteiger partial charge in [0.15, 0.2) is 0 Å². The lowest BCUT2D eigenvalue weighted by Gasteiger charge is -2.00. The molecule has 0 aromatic heterocycles. The first-order valence-corrected chi connectivity index (χ1v) is 4.32. The van der Waals surface area contributed by atoms with E-state index < -0.39 is 5.97 Å². The van der Waals surface area contributed by atoms with Gasteiger partial charge >= 0.3 is 5.97 Å². The molecule has 0 unspecified atom stereocenters. The van der Waals surface area contributed by atoms with E-state index in [9.17, 15) is 9.18 Å². The molecule has 0 radical (unpaired) electrons. The predicted octanol–water partition coefficient (Wildman–Crippen LogP) is 1.11. The van der Waals surface area contributed by atoms with Crippen LogP contribution >= 0.6 is 0 Å². The lowest BCUT2D eigenvalue weighted by Crippen LogP contribution is -2.00. The third kappa shape index (κ3) is 3.41. The fraction of sp³-hybridized carbons (Fsp3) is 0.182. The van der Waals surface area contributed by atoms with E-state index in [4.69, 9.17) is 10.8 Å². The summed E-state index contributed by atoms with van der Waals surface area (Å²) in [5.41, 5.74) is 6.55. The van der Waals surface area contributed by atoms with Gasteiger partial charge in [-0.25, -0.2) is 4.39 Å². The molecule has 0 aliphatic carbocycles. The van der Waals surface area contributed by atoms with Gasteiger partial charge in [-0.3, -0.25) is 4.79 Å². The summed E-state index contributed by atoms with van der Waals surface area (Å²) in [5, 5.41) is 8.37. The van der Waals surface area contributed by atoms with Crippen molar-refractivity contribution >= 4 is 5.97 Å². The van der Waals surface area contributed by atoms with Crippen LogP contribution in [0.3, 0.4) is 0 Å². The molecule has 0 fully saturated rings. The van der Waals surface area contributed by atoms with Gasteiger partial charge in [0.05, 0.1) is 0 Å². The second kappa shape index (κ2) is 5.13. The molecule has 1 aromatic rings. The number of aliphatic carboxylic acids is 1. The minimum Gasteiger partial charge on any atom is -0.481 e. The zero-order chi connectivity index (χ0) is 11.3. The molecule has 0 amide bonds. The van der Waals surface area contributed by atoms with Gasteiger partial charge in [0.2, 0.25) is 0 Å². The summed E-state index contributed by atoms with van der Waals surface area (Å²) >= 11 is 0. The number of halogens is 1. The Bertz CT molecular complexity index is 432. The fourth-order valence-electron chi connectivity index (χ4n) is 1.07. The van der Waals surface area contributed by atoms with Crippen molar-refractivity contribution in [2.75, 3.05) is 0 Å². The molecule has 3 nitrogen and oxygen atoms in total. The van der Waals surface area contributed by atoms with Crippen molar-refractivity contribution in [1.82, 2.24) is 0 Å². The number of benzene rings is 1. The van der Waals surface area contributed by atoms with Gasteiger partial charge in [0.25, 0.3) is 0 Å². The number of rotatable bonds is 2. The van der Waals surface area contributed by atoms with Gasteiger partial charge < -0.3 is 10.8 Å². The van der Waals surface area contributed by atoms with Crippen molar-refractivity contribution in [1.29, 1.82) is 0 Å².